The van der Waals surface area contributed by atoms with E-state index in [2.05, 4.69) is 5.32 Å². The molecule has 106 valence electrons. The van der Waals surface area contributed by atoms with E-state index in [1.807, 2.05) is 27.7 Å². The minimum atomic E-state index is -0.381. The maximum absolute atomic E-state index is 11.8. The third kappa shape index (κ3) is 6.39. The minimum Gasteiger partial charge on any atom is -0.460 e. The van der Waals surface area contributed by atoms with E-state index in [0.29, 0.717) is 6.04 Å². The molecule has 0 aromatic heterocycles. The van der Waals surface area contributed by atoms with Crippen LogP contribution in [0.15, 0.2) is 0 Å². The SMILES string of the molecule is C[C@H](CNC1CCCCCC1)C(=O)OC(C)(C)C. The quantitative estimate of drug-likeness (QED) is 0.619. The van der Waals surface area contributed by atoms with Gasteiger partial charge in [0.2, 0.25) is 0 Å². The van der Waals surface area contributed by atoms with E-state index in [1.54, 1.807) is 0 Å². The summed E-state index contributed by atoms with van der Waals surface area (Å²) < 4.78 is 5.39. The van der Waals surface area contributed by atoms with Gasteiger partial charge in [-0.25, -0.2) is 0 Å². The van der Waals surface area contributed by atoms with Gasteiger partial charge in [-0.05, 0) is 33.6 Å². The Morgan fingerprint density at radius 3 is 2.28 bits per heavy atom. The van der Waals surface area contributed by atoms with Gasteiger partial charge in [0.05, 0.1) is 5.92 Å². The summed E-state index contributed by atoms with van der Waals surface area (Å²) in [6, 6.07) is 0.595. The molecule has 1 aliphatic rings. The summed E-state index contributed by atoms with van der Waals surface area (Å²) in [5.41, 5.74) is -0.381. The number of carbonyl (C=O) groups excluding carboxylic acids is 1. The topological polar surface area (TPSA) is 38.3 Å². The van der Waals surface area contributed by atoms with Gasteiger partial charge in [0, 0.05) is 12.6 Å². The maximum Gasteiger partial charge on any atom is 0.310 e. The number of hydrogen-bond acceptors (Lipinski definition) is 3. The molecule has 0 heterocycles. The average molecular weight is 255 g/mol. The molecule has 18 heavy (non-hydrogen) atoms. The van der Waals surface area contributed by atoms with E-state index in [9.17, 15) is 4.79 Å². The Morgan fingerprint density at radius 2 is 1.78 bits per heavy atom. The van der Waals surface area contributed by atoms with Gasteiger partial charge < -0.3 is 10.1 Å². The van der Waals surface area contributed by atoms with Crippen LogP contribution >= 0.6 is 0 Å². The number of rotatable bonds is 4. The van der Waals surface area contributed by atoms with Crippen molar-refractivity contribution in [3.05, 3.63) is 0 Å². The number of nitrogens with one attached hydrogen (secondary N) is 1. The van der Waals surface area contributed by atoms with Gasteiger partial charge in [0.1, 0.15) is 5.60 Å². The zero-order chi connectivity index (χ0) is 13.6. The molecule has 0 aromatic carbocycles. The molecule has 1 N–H and O–H groups in total. The summed E-state index contributed by atoms with van der Waals surface area (Å²) in [6.45, 7) is 8.42. The molecule has 1 aliphatic carbocycles. The number of ether oxygens (including phenoxy) is 1. The van der Waals surface area contributed by atoms with Gasteiger partial charge in [-0.1, -0.05) is 32.6 Å². The van der Waals surface area contributed by atoms with Crippen LogP contribution in [0, 0.1) is 5.92 Å². The summed E-state index contributed by atoms with van der Waals surface area (Å²) in [5, 5.41) is 3.53. The van der Waals surface area contributed by atoms with Gasteiger partial charge in [0.15, 0.2) is 0 Å². The molecule has 0 radical (unpaired) electrons. The first kappa shape index (κ1) is 15.5. The van der Waals surface area contributed by atoms with Crippen LogP contribution in [0.3, 0.4) is 0 Å². The highest BCUT2D eigenvalue weighted by Gasteiger charge is 2.22. The first-order chi connectivity index (χ1) is 8.38. The van der Waals surface area contributed by atoms with Crippen LogP contribution in [0.25, 0.3) is 0 Å². The van der Waals surface area contributed by atoms with Gasteiger partial charge >= 0.3 is 5.97 Å². The second-order valence-electron chi connectivity index (χ2n) is 6.53. The van der Waals surface area contributed by atoms with E-state index in [0.717, 1.165) is 6.54 Å². The normalized spacial score (nSPS) is 20.2. The number of esters is 1. The van der Waals surface area contributed by atoms with E-state index >= 15 is 0 Å². The van der Waals surface area contributed by atoms with Gasteiger partial charge in [-0.3, -0.25) is 4.79 Å². The maximum atomic E-state index is 11.8. The van der Waals surface area contributed by atoms with Crippen LogP contribution in [-0.2, 0) is 9.53 Å². The van der Waals surface area contributed by atoms with Crippen molar-refractivity contribution in [2.75, 3.05) is 6.54 Å². The molecule has 0 aromatic rings. The predicted octanol–water partition coefficient (Wildman–Crippen LogP) is 3.28. The van der Waals surface area contributed by atoms with E-state index < -0.39 is 0 Å². The van der Waals surface area contributed by atoms with Crippen molar-refractivity contribution in [2.24, 2.45) is 5.92 Å². The molecule has 1 rings (SSSR count). The highest BCUT2D eigenvalue weighted by molar-refractivity contribution is 5.72. The summed E-state index contributed by atoms with van der Waals surface area (Å²) >= 11 is 0. The largest absolute Gasteiger partial charge is 0.460 e. The van der Waals surface area contributed by atoms with Gasteiger partial charge in [-0.15, -0.1) is 0 Å². The second kappa shape index (κ2) is 7.13. The Labute approximate surface area is 112 Å². The van der Waals surface area contributed by atoms with E-state index in [1.165, 1.54) is 38.5 Å². The van der Waals surface area contributed by atoms with Crippen molar-refractivity contribution >= 4 is 5.97 Å². The number of hydrogen-bond donors (Lipinski definition) is 1. The van der Waals surface area contributed by atoms with Gasteiger partial charge in [0.25, 0.3) is 0 Å². The fourth-order valence-corrected chi connectivity index (χ4v) is 2.31. The van der Waals surface area contributed by atoms with Crippen LogP contribution in [0.5, 0.6) is 0 Å². The first-order valence-corrected chi connectivity index (χ1v) is 7.35. The molecular weight excluding hydrogens is 226 g/mol. The van der Waals surface area contributed by atoms with Gasteiger partial charge in [-0.2, -0.15) is 0 Å². The molecule has 1 fully saturated rings. The lowest BCUT2D eigenvalue weighted by Crippen LogP contribution is -2.37. The molecule has 0 unspecified atom stereocenters. The molecule has 1 saturated carbocycles. The Balaban J connectivity index is 2.26. The zero-order valence-corrected chi connectivity index (χ0v) is 12.4. The van der Waals surface area contributed by atoms with Crippen LogP contribution in [-0.4, -0.2) is 24.2 Å². The monoisotopic (exact) mass is 255 g/mol. The lowest BCUT2D eigenvalue weighted by Gasteiger charge is -2.24. The summed E-state index contributed by atoms with van der Waals surface area (Å²) in [7, 11) is 0. The van der Waals surface area contributed by atoms with Crippen molar-refractivity contribution in [2.45, 2.75) is 77.9 Å². The predicted molar refractivity (Wildman–Crippen MR) is 74.5 cm³/mol. The molecule has 0 spiro atoms. The van der Waals surface area contributed by atoms with Crippen LogP contribution in [0.4, 0.5) is 0 Å². The summed E-state index contributed by atoms with van der Waals surface area (Å²) in [5.74, 6) is -0.156. The minimum absolute atomic E-state index is 0.0625. The molecule has 0 amide bonds. The van der Waals surface area contributed by atoms with Crippen molar-refractivity contribution in [3.63, 3.8) is 0 Å². The van der Waals surface area contributed by atoms with Crippen molar-refractivity contribution < 1.29 is 9.53 Å². The molecule has 3 nitrogen and oxygen atoms in total. The standard InChI is InChI=1S/C15H29NO2/c1-12(14(17)18-15(2,3)4)11-16-13-9-7-5-6-8-10-13/h12-13,16H,5-11H2,1-4H3/t12-/m1/s1. The Morgan fingerprint density at radius 1 is 1.22 bits per heavy atom. The molecule has 3 heteroatoms. The Bertz CT molecular complexity index is 250. The highest BCUT2D eigenvalue weighted by atomic mass is 16.6. The third-order valence-electron chi connectivity index (χ3n) is 3.38. The van der Waals surface area contributed by atoms with Crippen molar-refractivity contribution in [1.29, 1.82) is 0 Å². The smallest absolute Gasteiger partial charge is 0.310 e. The van der Waals surface area contributed by atoms with E-state index in [-0.39, 0.29) is 17.5 Å². The fourth-order valence-electron chi connectivity index (χ4n) is 2.31. The molecule has 0 saturated heterocycles. The highest BCUT2D eigenvalue weighted by Crippen LogP contribution is 2.17. The average Bonchev–Trinajstić information content (AvgIpc) is 2.51. The zero-order valence-electron chi connectivity index (χ0n) is 12.4. The van der Waals surface area contributed by atoms with E-state index in [4.69, 9.17) is 4.74 Å². The molecule has 0 aliphatic heterocycles. The third-order valence-corrected chi connectivity index (χ3v) is 3.38. The van der Waals surface area contributed by atoms with Crippen LogP contribution in [0.1, 0.15) is 66.2 Å². The van der Waals surface area contributed by atoms with Crippen molar-refractivity contribution in [1.82, 2.24) is 5.32 Å². The summed E-state index contributed by atoms with van der Waals surface area (Å²) in [4.78, 5) is 11.8. The van der Waals surface area contributed by atoms with Crippen LogP contribution < -0.4 is 5.32 Å². The molecule has 1 atom stereocenters. The Kier molecular flexibility index (Phi) is 6.13. The lowest BCUT2D eigenvalue weighted by molar-refractivity contribution is -0.159. The lowest BCUT2D eigenvalue weighted by atomic mass is 10.1. The molecule has 0 bridgehead atoms. The second-order valence-corrected chi connectivity index (χ2v) is 6.53. The Hall–Kier alpha value is -0.570. The van der Waals surface area contributed by atoms with Crippen LogP contribution in [0.2, 0.25) is 0 Å². The number of carbonyl (C=O) groups is 1. The first-order valence-electron chi connectivity index (χ1n) is 7.35. The summed E-state index contributed by atoms with van der Waals surface area (Å²) in [6.07, 6.45) is 7.86. The van der Waals surface area contributed by atoms with Crippen molar-refractivity contribution in [3.8, 4) is 0 Å². The fraction of sp³-hybridized carbons (Fsp3) is 0.933. The molecular formula is C15H29NO2.